The molecule has 0 heterocycles. The number of nitrogens with one attached hydrogen (secondary N) is 1. The summed E-state index contributed by atoms with van der Waals surface area (Å²) in [6, 6.07) is 12.4. The average Bonchev–Trinajstić information content (AvgIpc) is 2.76. The molecule has 188 valence electrons. The molecule has 1 atom stereocenters. The van der Waals surface area contributed by atoms with E-state index in [1.165, 1.54) is 38.4 Å². The molecule has 0 aliphatic rings. The van der Waals surface area contributed by atoms with Crippen LogP contribution in [0.1, 0.15) is 31.9 Å². The number of ether oxygens (including phenoxy) is 1. The number of benzene rings is 2. The second-order valence-corrected chi connectivity index (χ2v) is 12.6. The molecule has 0 aliphatic carbocycles. The molecule has 0 saturated carbocycles. The number of sulfonamides is 2. The molecule has 0 aromatic heterocycles. The molecule has 0 radical (unpaired) electrons. The number of hydrogen-bond donors (Lipinski definition) is 1. The fourth-order valence-electron chi connectivity index (χ4n) is 3.35. The highest BCUT2D eigenvalue weighted by atomic mass is 32.2. The van der Waals surface area contributed by atoms with Crippen molar-refractivity contribution in [2.75, 3.05) is 38.3 Å². The van der Waals surface area contributed by atoms with Gasteiger partial charge in [0.25, 0.3) is 0 Å². The Labute approximate surface area is 202 Å². The van der Waals surface area contributed by atoms with Crippen LogP contribution in [0.25, 0.3) is 0 Å². The van der Waals surface area contributed by atoms with Crippen molar-refractivity contribution in [2.45, 2.75) is 31.2 Å². The van der Waals surface area contributed by atoms with Gasteiger partial charge in [-0.25, -0.2) is 21.1 Å². The Morgan fingerprint density at radius 1 is 0.971 bits per heavy atom. The number of carbonyl (C=O) groups is 1. The maximum Gasteiger partial charge on any atom is 0.242 e. The van der Waals surface area contributed by atoms with Gasteiger partial charge in [-0.05, 0) is 54.3 Å². The van der Waals surface area contributed by atoms with Crippen molar-refractivity contribution in [1.82, 2.24) is 9.62 Å². The highest BCUT2D eigenvalue weighted by molar-refractivity contribution is 7.92. The maximum atomic E-state index is 12.9. The van der Waals surface area contributed by atoms with Crippen LogP contribution in [-0.2, 0) is 24.8 Å². The number of methoxy groups -OCH3 is 1. The van der Waals surface area contributed by atoms with Gasteiger partial charge in [0.15, 0.2) is 0 Å². The molecule has 0 fully saturated rings. The monoisotopic (exact) mass is 511 g/mol. The Hall–Kier alpha value is -2.63. The van der Waals surface area contributed by atoms with Gasteiger partial charge < -0.3 is 10.1 Å². The Morgan fingerprint density at radius 3 is 1.97 bits per heavy atom. The Balaban J connectivity index is 2.27. The Morgan fingerprint density at radius 2 is 1.53 bits per heavy atom. The summed E-state index contributed by atoms with van der Waals surface area (Å²) in [5, 5.41) is 2.94. The molecule has 1 unspecified atom stereocenters. The van der Waals surface area contributed by atoms with Crippen molar-refractivity contribution in [1.29, 1.82) is 0 Å². The summed E-state index contributed by atoms with van der Waals surface area (Å²) in [5.74, 6) is 0.503. The zero-order chi connectivity index (χ0) is 25.7. The largest absolute Gasteiger partial charge is 0.497 e. The molecule has 11 heteroatoms. The highest BCUT2D eigenvalue weighted by Crippen LogP contribution is 2.25. The zero-order valence-electron chi connectivity index (χ0n) is 20.3. The Bertz CT molecular complexity index is 1180. The predicted molar refractivity (Wildman–Crippen MR) is 133 cm³/mol. The second-order valence-electron chi connectivity index (χ2n) is 8.57. The minimum Gasteiger partial charge on any atom is -0.497 e. The summed E-state index contributed by atoms with van der Waals surface area (Å²) >= 11 is 0. The van der Waals surface area contributed by atoms with E-state index in [1.807, 2.05) is 26.0 Å². The Kier molecular flexibility index (Phi) is 9.09. The van der Waals surface area contributed by atoms with Crippen LogP contribution in [0, 0.1) is 5.92 Å². The number of carbonyl (C=O) groups excluding carboxylic acids is 1. The minimum absolute atomic E-state index is 0.0238. The molecule has 2 aromatic carbocycles. The lowest BCUT2D eigenvalue weighted by atomic mass is 9.97. The summed E-state index contributed by atoms with van der Waals surface area (Å²) in [6.07, 6.45) is 1.66. The lowest BCUT2D eigenvalue weighted by Crippen LogP contribution is -2.41. The third-order valence-corrected chi connectivity index (χ3v) is 8.12. The van der Waals surface area contributed by atoms with Crippen molar-refractivity contribution in [3.05, 3.63) is 54.1 Å². The molecule has 2 aromatic rings. The quantitative estimate of drug-likeness (QED) is 0.496. The standard InChI is InChI=1S/C23H33N3O6S2/c1-17(2)15-22(18-7-11-20(32-5)12-8-18)24-23(27)16-26(33(6,28)29)19-9-13-21(14-10-19)34(30,31)25(3)4/h7-14,17,22H,15-16H2,1-6H3,(H,24,27). The average molecular weight is 512 g/mol. The summed E-state index contributed by atoms with van der Waals surface area (Å²) in [4.78, 5) is 13.0. The first kappa shape index (κ1) is 27.6. The molecule has 2 rings (SSSR count). The number of nitrogens with zero attached hydrogens (tertiary/aromatic N) is 2. The third kappa shape index (κ3) is 7.18. The van der Waals surface area contributed by atoms with Crippen LogP contribution >= 0.6 is 0 Å². The molecular formula is C23H33N3O6S2. The minimum atomic E-state index is -3.81. The van der Waals surface area contributed by atoms with Gasteiger partial charge in [0.05, 0.1) is 30.0 Å². The molecule has 0 saturated heterocycles. The topological polar surface area (TPSA) is 113 Å². The molecule has 0 spiro atoms. The van der Waals surface area contributed by atoms with Crippen LogP contribution in [0.2, 0.25) is 0 Å². The van der Waals surface area contributed by atoms with Gasteiger partial charge in [0.2, 0.25) is 26.0 Å². The fourth-order valence-corrected chi connectivity index (χ4v) is 5.11. The lowest BCUT2D eigenvalue weighted by Gasteiger charge is -2.25. The van der Waals surface area contributed by atoms with Crippen LogP contribution in [0.3, 0.4) is 0 Å². The summed E-state index contributed by atoms with van der Waals surface area (Å²) in [7, 11) is -3.08. The van der Waals surface area contributed by atoms with Gasteiger partial charge in [-0.1, -0.05) is 26.0 Å². The van der Waals surface area contributed by atoms with Crippen molar-refractivity contribution < 1.29 is 26.4 Å². The van der Waals surface area contributed by atoms with Crippen molar-refractivity contribution in [2.24, 2.45) is 5.92 Å². The van der Waals surface area contributed by atoms with Gasteiger partial charge in [-0.15, -0.1) is 0 Å². The summed E-state index contributed by atoms with van der Waals surface area (Å²) < 4.78 is 56.7. The maximum absolute atomic E-state index is 12.9. The molecule has 0 bridgehead atoms. The third-order valence-electron chi connectivity index (χ3n) is 5.15. The summed E-state index contributed by atoms with van der Waals surface area (Å²) in [6.45, 7) is 3.63. The smallest absolute Gasteiger partial charge is 0.242 e. The van der Waals surface area contributed by atoms with E-state index >= 15 is 0 Å². The van der Waals surface area contributed by atoms with Crippen molar-refractivity contribution in [3.8, 4) is 5.75 Å². The first-order chi connectivity index (χ1) is 15.8. The number of hydrogen-bond acceptors (Lipinski definition) is 6. The molecule has 1 N–H and O–H groups in total. The predicted octanol–water partition coefficient (Wildman–Crippen LogP) is 2.62. The van der Waals surface area contributed by atoms with E-state index in [4.69, 9.17) is 4.74 Å². The van der Waals surface area contributed by atoms with Gasteiger partial charge in [-0.3, -0.25) is 9.10 Å². The number of anilines is 1. The first-order valence-electron chi connectivity index (χ1n) is 10.7. The normalized spacial score (nSPS) is 13.1. The van der Waals surface area contributed by atoms with Crippen LogP contribution in [-0.4, -0.2) is 61.1 Å². The number of amides is 1. The lowest BCUT2D eigenvalue weighted by molar-refractivity contribution is -0.120. The van der Waals surface area contributed by atoms with Gasteiger partial charge in [-0.2, -0.15) is 0 Å². The van der Waals surface area contributed by atoms with Crippen LogP contribution < -0.4 is 14.4 Å². The molecule has 34 heavy (non-hydrogen) atoms. The van der Waals surface area contributed by atoms with Crippen molar-refractivity contribution >= 4 is 31.6 Å². The van der Waals surface area contributed by atoms with Gasteiger partial charge >= 0.3 is 0 Å². The first-order valence-corrected chi connectivity index (χ1v) is 14.0. The van der Waals surface area contributed by atoms with E-state index in [0.29, 0.717) is 12.2 Å². The van der Waals surface area contributed by atoms with E-state index in [1.54, 1.807) is 19.2 Å². The molecule has 9 nitrogen and oxygen atoms in total. The van der Waals surface area contributed by atoms with Crippen LogP contribution in [0.4, 0.5) is 5.69 Å². The van der Waals surface area contributed by atoms with Gasteiger partial charge in [0.1, 0.15) is 12.3 Å². The molecular weight excluding hydrogens is 478 g/mol. The van der Waals surface area contributed by atoms with Gasteiger partial charge in [0, 0.05) is 14.1 Å². The van der Waals surface area contributed by atoms with E-state index in [0.717, 1.165) is 20.4 Å². The van der Waals surface area contributed by atoms with E-state index in [-0.39, 0.29) is 22.5 Å². The molecule has 1 amide bonds. The number of rotatable bonds is 11. The second kappa shape index (κ2) is 11.2. The van der Waals surface area contributed by atoms with E-state index in [2.05, 4.69) is 5.32 Å². The summed E-state index contributed by atoms with van der Waals surface area (Å²) in [5.41, 5.74) is 1.08. The van der Waals surface area contributed by atoms with E-state index < -0.39 is 32.5 Å². The van der Waals surface area contributed by atoms with Crippen LogP contribution in [0.5, 0.6) is 5.75 Å². The zero-order valence-corrected chi connectivity index (χ0v) is 22.0. The van der Waals surface area contributed by atoms with E-state index in [9.17, 15) is 21.6 Å². The highest BCUT2D eigenvalue weighted by Gasteiger charge is 2.25. The SMILES string of the molecule is COc1ccc(C(CC(C)C)NC(=O)CN(c2ccc(S(=O)(=O)N(C)C)cc2)S(C)(=O)=O)cc1. The van der Waals surface area contributed by atoms with Crippen molar-refractivity contribution in [3.63, 3.8) is 0 Å². The van der Waals surface area contributed by atoms with Crippen LogP contribution in [0.15, 0.2) is 53.4 Å². The molecule has 0 aliphatic heterocycles. The fraction of sp³-hybridized carbons (Fsp3) is 0.435.